The van der Waals surface area contributed by atoms with Crippen LogP contribution in [0.1, 0.15) is 47.4 Å². The molecule has 1 aliphatic rings. The maximum atomic E-state index is 13.5. The number of hydrogen-bond acceptors (Lipinski definition) is 3. The largest absolute Gasteiger partial charge is 0.361 e. The van der Waals surface area contributed by atoms with Gasteiger partial charge in [-0.15, -0.1) is 0 Å². The van der Waals surface area contributed by atoms with Crippen molar-refractivity contribution in [1.29, 1.82) is 0 Å². The fraction of sp³-hybridized carbons (Fsp3) is 0.762. The Labute approximate surface area is 172 Å². The number of likely N-dealkylation sites (N-methyl/N-ethyl adjacent to an activating group) is 1. The predicted octanol–water partition coefficient (Wildman–Crippen LogP) is 3.84. The van der Waals surface area contributed by atoms with Crippen molar-refractivity contribution in [3.63, 3.8) is 0 Å². The van der Waals surface area contributed by atoms with Crippen molar-refractivity contribution in [2.24, 2.45) is 0 Å². The Hall–Kier alpha value is -1.11. The summed E-state index contributed by atoms with van der Waals surface area (Å²) in [5, 5.41) is 0. The van der Waals surface area contributed by atoms with Crippen molar-refractivity contribution < 1.29 is 15.0 Å². The topological polar surface area (TPSA) is 37.7 Å². The summed E-state index contributed by atoms with van der Waals surface area (Å²) in [6.45, 7) is 9.58. The molecule has 0 saturated heterocycles. The molecule has 0 spiro atoms. The van der Waals surface area contributed by atoms with Gasteiger partial charge in [-0.05, 0) is 44.5 Å². The number of aromatic nitrogens is 1. The Morgan fingerprint density at radius 2 is 2.00 bits per heavy atom. The molecule has 1 aliphatic heterocycles. The molecule has 0 fully saturated rings. The second kappa shape index (κ2) is 9.89. The maximum absolute atomic E-state index is 13.5. The standard InChI is InChI=1S/C21H39N3O2Si/c1-7-22(8-2)12-13-23-11-9-10-19-20(21(23)25)18(3)16-24(19)17-26-14-15-27(4,5)6/h16H,7-15,17H2,1-6H3/i12D2,13D2. The number of aryl methyl sites for hydroxylation is 1. The Morgan fingerprint density at radius 3 is 2.63 bits per heavy atom. The highest BCUT2D eigenvalue weighted by Crippen LogP contribution is 2.24. The lowest BCUT2D eigenvalue weighted by Gasteiger charge is -2.25. The van der Waals surface area contributed by atoms with Gasteiger partial charge < -0.3 is 19.1 Å². The number of nitrogens with zero attached hydrogens (tertiary/aromatic N) is 3. The Bertz CT molecular complexity index is 773. The first-order valence-electron chi connectivity index (χ1n) is 12.1. The smallest absolute Gasteiger partial charge is 0.255 e. The van der Waals surface area contributed by atoms with E-state index in [4.69, 9.17) is 10.2 Å². The lowest BCUT2D eigenvalue weighted by molar-refractivity contribution is 0.0741. The molecule has 0 radical (unpaired) electrons. The highest BCUT2D eigenvalue weighted by atomic mass is 28.3. The highest BCUT2D eigenvalue weighted by Gasteiger charge is 2.27. The highest BCUT2D eigenvalue weighted by molar-refractivity contribution is 6.76. The second-order valence-electron chi connectivity index (χ2n) is 8.41. The van der Waals surface area contributed by atoms with E-state index in [-0.39, 0.29) is 6.54 Å². The van der Waals surface area contributed by atoms with Crippen LogP contribution < -0.4 is 0 Å². The molecule has 0 aliphatic carbocycles. The van der Waals surface area contributed by atoms with Crippen LogP contribution in [0.15, 0.2) is 6.20 Å². The molecule has 1 aromatic heterocycles. The van der Waals surface area contributed by atoms with Crippen LogP contribution in [0, 0.1) is 6.92 Å². The van der Waals surface area contributed by atoms with Gasteiger partial charge in [-0.25, -0.2) is 0 Å². The predicted molar refractivity (Wildman–Crippen MR) is 115 cm³/mol. The average Bonchev–Trinajstić information content (AvgIpc) is 2.84. The van der Waals surface area contributed by atoms with E-state index < -0.39 is 27.0 Å². The summed E-state index contributed by atoms with van der Waals surface area (Å²) >= 11 is 0. The third kappa shape index (κ3) is 6.19. The number of amides is 1. The van der Waals surface area contributed by atoms with Crippen LogP contribution in [-0.4, -0.2) is 67.6 Å². The lowest BCUT2D eigenvalue weighted by Crippen LogP contribution is -2.38. The number of carbonyl (C=O) groups excluding carboxylic acids is 1. The third-order valence-corrected chi connectivity index (χ3v) is 6.67. The number of rotatable bonds is 10. The van der Waals surface area contributed by atoms with Gasteiger partial charge in [0.1, 0.15) is 6.73 Å². The fourth-order valence-electron chi connectivity index (χ4n) is 3.23. The van der Waals surface area contributed by atoms with Crippen molar-refractivity contribution >= 4 is 14.0 Å². The van der Waals surface area contributed by atoms with Crippen LogP contribution >= 0.6 is 0 Å². The van der Waals surface area contributed by atoms with E-state index in [1.54, 1.807) is 13.8 Å². The summed E-state index contributed by atoms with van der Waals surface area (Å²) in [4.78, 5) is 16.0. The molecule has 0 bridgehead atoms. The SMILES string of the molecule is [2H]C([2H])(N(CC)CC)C([2H])([2H])N1CCCc2c(c(C)cn2COCC[Si](C)(C)C)C1=O. The Balaban J connectivity index is 2.29. The molecule has 2 rings (SSSR count). The molecule has 154 valence electrons. The van der Waals surface area contributed by atoms with Gasteiger partial charge in [0, 0.05) is 48.9 Å². The summed E-state index contributed by atoms with van der Waals surface area (Å²) in [6, 6.07) is 1.07. The molecule has 27 heavy (non-hydrogen) atoms. The lowest BCUT2D eigenvalue weighted by atomic mass is 10.1. The fourth-order valence-corrected chi connectivity index (χ4v) is 3.98. The van der Waals surface area contributed by atoms with Crippen LogP contribution in [0.25, 0.3) is 0 Å². The summed E-state index contributed by atoms with van der Waals surface area (Å²) in [5.41, 5.74) is 2.13. The zero-order valence-electron chi connectivity index (χ0n) is 21.9. The molecule has 0 unspecified atom stereocenters. The van der Waals surface area contributed by atoms with Crippen LogP contribution in [0.5, 0.6) is 0 Å². The monoisotopic (exact) mass is 397 g/mol. The van der Waals surface area contributed by atoms with E-state index in [2.05, 4.69) is 19.6 Å². The van der Waals surface area contributed by atoms with Gasteiger partial charge in [0.25, 0.3) is 5.91 Å². The summed E-state index contributed by atoms with van der Waals surface area (Å²) in [6.07, 6.45) is 3.10. The van der Waals surface area contributed by atoms with Crippen molar-refractivity contribution in [3.8, 4) is 0 Å². The zero-order chi connectivity index (χ0) is 23.6. The summed E-state index contributed by atoms with van der Waals surface area (Å²) in [7, 11) is -1.18. The minimum absolute atomic E-state index is 0.178. The van der Waals surface area contributed by atoms with Gasteiger partial charge in [-0.1, -0.05) is 33.5 Å². The van der Waals surface area contributed by atoms with Crippen molar-refractivity contribution in [1.82, 2.24) is 14.4 Å². The van der Waals surface area contributed by atoms with Gasteiger partial charge in [-0.2, -0.15) is 0 Å². The van der Waals surface area contributed by atoms with E-state index in [0.717, 1.165) is 22.2 Å². The number of carbonyl (C=O) groups is 1. The third-order valence-electron chi connectivity index (χ3n) is 4.97. The van der Waals surface area contributed by atoms with Gasteiger partial charge in [-0.3, -0.25) is 4.79 Å². The van der Waals surface area contributed by atoms with Gasteiger partial charge >= 0.3 is 0 Å². The minimum atomic E-state index is -2.46. The molecule has 1 amide bonds. The van der Waals surface area contributed by atoms with Gasteiger partial charge in [0.05, 0.1) is 8.30 Å². The normalized spacial score (nSPS) is 18.6. The molecule has 6 heteroatoms. The molecule has 0 N–H and O–H groups in total. The van der Waals surface area contributed by atoms with Crippen molar-refractivity contribution in [2.75, 3.05) is 39.2 Å². The first kappa shape index (κ1) is 16.8. The van der Waals surface area contributed by atoms with Crippen LogP contribution in [0.3, 0.4) is 0 Å². The van der Waals surface area contributed by atoms with E-state index in [1.165, 1.54) is 4.90 Å². The van der Waals surface area contributed by atoms with Gasteiger partial charge in [0.15, 0.2) is 0 Å². The van der Waals surface area contributed by atoms with E-state index in [0.29, 0.717) is 44.8 Å². The number of hydrogen-bond donors (Lipinski definition) is 0. The van der Waals surface area contributed by atoms with E-state index in [9.17, 15) is 4.79 Å². The number of fused-ring (bicyclic) bond motifs is 1. The first-order valence-corrected chi connectivity index (χ1v) is 13.8. The quantitative estimate of drug-likeness (QED) is 0.445. The Morgan fingerprint density at radius 1 is 1.30 bits per heavy atom. The summed E-state index contributed by atoms with van der Waals surface area (Å²) < 4.78 is 42.1. The first-order chi connectivity index (χ1) is 14.3. The van der Waals surface area contributed by atoms with E-state index in [1.807, 2.05) is 17.7 Å². The molecule has 0 aromatic carbocycles. The molecule has 1 aromatic rings. The molecule has 0 saturated carbocycles. The average molecular weight is 398 g/mol. The van der Waals surface area contributed by atoms with Crippen LogP contribution in [-0.2, 0) is 17.9 Å². The Kier molecular flexibility index (Phi) is 6.16. The molecule has 2 heterocycles. The minimum Gasteiger partial charge on any atom is -0.361 e. The molecule has 5 nitrogen and oxygen atoms in total. The molecular formula is C21H39N3O2Si. The second-order valence-corrected chi connectivity index (χ2v) is 14.0. The van der Waals surface area contributed by atoms with Crippen molar-refractivity contribution in [3.05, 3.63) is 23.0 Å². The van der Waals surface area contributed by atoms with Gasteiger partial charge in [0.2, 0.25) is 0 Å². The number of ether oxygens (including phenoxy) is 1. The van der Waals surface area contributed by atoms with E-state index >= 15 is 0 Å². The maximum Gasteiger partial charge on any atom is 0.255 e. The van der Waals surface area contributed by atoms with Crippen molar-refractivity contribution in [2.45, 2.75) is 66.0 Å². The molecular weight excluding hydrogens is 354 g/mol. The van der Waals surface area contributed by atoms with Crippen LogP contribution in [0.2, 0.25) is 25.7 Å². The zero-order valence-corrected chi connectivity index (χ0v) is 18.9. The summed E-state index contributed by atoms with van der Waals surface area (Å²) in [5.74, 6) is -0.438. The van der Waals surface area contributed by atoms with Crippen LogP contribution in [0.4, 0.5) is 0 Å². The molecule has 0 atom stereocenters.